The van der Waals surface area contributed by atoms with Crippen LogP contribution in [0.3, 0.4) is 0 Å². The van der Waals surface area contributed by atoms with Crippen molar-refractivity contribution in [2.75, 3.05) is 7.11 Å². The zero-order valence-corrected chi connectivity index (χ0v) is 20.2. The summed E-state index contributed by atoms with van der Waals surface area (Å²) >= 11 is 0. The molecule has 1 aliphatic heterocycles. The number of fused-ring (bicyclic) bond motifs is 1. The number of hydrazone groups is 1. The van der Waals surface area contributed by atoms with Crippen molar-refractivity contribution in [1.82, 2.24) is 5.01 Å². The lowest BCUT2D eigenvalue weighted by molar-refractivity contribution is -0.129. The summed E-state index contributed by atoms with van der Waals surface area (Å²) in [6.45, 7) is 0. The molecule has 2 unspecified atom stereocenters. The second-order valence-electron chi connectivity index (χ2n) is 9.01. The van der Waals surface area contributed by atoms with E-state index in [0.29, 0.717) is 5.75 Å². The number of nitriles is 1. The summed E-state index contributed by atoms with van der Waals surface area (Å²) in [5, 5.41) is 16.4. The lowest BCUT2D eigenvalue weighted by Crippen LogP contribution is -2.32. The highest BCUT2D eigenvalue weighted by molar-refractivity contribution is 6.10. The summed E-state index contributed by atoms with van der Waals surface area (Å²) in [5.41, 5.74) is 5.07. The molecule has 0 saturated heterocycles. The molecule has 1 amide bonds. The molecule has 5 nitrogen and oxygen atoms in total. The van der Waals surface area contributed by atoms with Gasteiger partial charge in [0, 0.05) is 5.92 Å². The molecule has 1 aliphatic carbocycles. The molecule has 5 heteroatoms. The molecule has 5 rings (SSSR count). The number of amides is 1. The van der Waals surface area contributed by atoms with Crippen molar-refractivity contribution in [3.8, 4) is 11.8 Å². The monoisotopic (exact) mass is 473 g/mol. The van der Waals surface area contributed by atoms with Crippen LogP contribution in [0.1, 0.15) is 42.0 Å². The van der Waals surface area contributed by atoms with Gasteiger partial charge in [-0.15, -0.1) is 0 Å². The first kappa shape index (κ1) is 23.3. The topological polar surface area (TPSA) is 65.7 Å². The Labute approximate surface area is 211 Å². The van der Waals surface area contributed by atoms with Gasteiger partial charge in [-0.25, -0.2) is 5.01 Å². The van der Waals surface area contributed by atoms with E-state index in [-0.39, 0.29) is 23.4 Å². The molecule has 0 N–H and O–H groups in total. The molecule has 178 valence electrons. The van der Waals surface area contributed by atoms with E-state index in [2.05, 4.69) is 24.3 Å². The molecule has 1 heterocycles. The zero-order chi connectivity index (χ0) is 24.9. The smallest absolute Gasteiger partial charge is 0.285 e. The number of hydrogen-bond acceptors (Lipinski definition) is 4. The van der Waals surface area contributed by atoms with E-state index >= 15 is 0 Å². The molecule has 1 saturated carbocycles. The Bertz CT molecular complexity index is 1370. The average molecular weight is 474 g/mol. The number of rotatable bonds is 5. The highest BCUT2D eigenvalue weighted by Gasteiger charge is 2.44. The minimum Gasteiger partial charge on any atom is -0.497 e. The predicted octanol–water partition coefficient (Wildman–Crippen LogP) is 6.43. The van der Waals surface area contributed by atoms with Crippen molar-refractivity contribution >= 4 is 23.8 Å². The van der Waals surface area contributed by atoms with Gasteiger partial charge >= 0.3 is 0 Å². The van der Waals surface area contributed by atoms with Crippen LogP contribution in [-0.4, -0.2) is 23.7 Å². The standard InChI is InChI=1S/C31H27N3O2/c1-36-27-17-15-23(16-18-27)20-26(21-32)31(35)34-30(24-11-6-3-7-12-24)28-14-8-13-25(29(28)33-34)19-22-9-4-2-5-10-22/h2-7,9-12,15-20,28,30H,8,13-14H2,1H3. The normalized spacial score (nSPS) is 20.4. The fraction of sp³-hybridized carbons (Fsp3) is 0.194. The first-order valence-corrected chi connectivity index (χ1v) is 12.2. The average Bonchev–Trinajstić information content (AvgIpc) is 3.33. The summed E-state index contributed by atoms with van der Waals surface area (Å²) in [7, 11) is 1.60. The fourth-order valence-corrected chi connectivity index (χ4v) is 5.03. The van der Waals surface area contributed by atoms with E-state index in [0.717, 1.165) is 47.2 Å². The van der Waals surface area contributed by atoms with Crippen LogP contribution in [0.25, 0.3) is 12.2 Å². The van der Waals surface area contributed by atoms with Gasteiger partial charge in [-0.05, 0) is 65.8 Å². The van der Waals surface area contributed by atoms with Gasteiger partial charge < -0.3 is 4.74 Å². The first-order valence-electron chi connectivity index (χ1n) is 12.2. The third kappa shape index (κ3) is 4.71. The van der Waals surface area contributed by atoms with Crippen LogP contribution in [0.4, 0.5) is 0 Å². The molecular formula is C31H27N3O2. The van der Waals surface area contributed by atoms with Crippen LogP contribution in [0, 0.1) is 17.2 Å². The second kappa shape index (κ2) is 10.5. The van der Waals surface area contributed by atoms with Gasteiger partial charge in [0.15, 0.2) is 0 Å². The number of nitrogens with zero attached hydrogens (tertiary/aromatic N) is 3. The molecular weight excluding hydrogens is 446 g/mol. The van der Waals surface area contributed by atoms with E-state index in [1.54, 1.807) is 13.2 Å². The third-order valence-electron chi connectivity index (χ3n) is 6.77. The summed E-state index contributed by atoms with van der Waals surface area (Å²) in [6.07, 6.45) is 6.69. The molecule has 1 fully saturated rings. The lowest BCUT2D eigenvalue weighted by atomic mass is 9.77. The number of carbonyl (C=O) groups is 1. The molecule has 0 radical (unpaired) electrons. The highest BCUT2D eigenvalue weighted by Crippen LogP contribution is 2.44. The SMILES string of the molecule is COc1ccc(C=C(C#N)C(=O)N2N=C3C(=Cc4ccccc4)CCCC3C2c2ccccc2)cc1. The molecule has 0 spiro atoms. The van der Waals surface area contributed by atoms with Crippen molar-refractivity contribution in [3.05, 3.63) is 113 Å². The summed E-state index contributed by atoms with van der Waals surface area (Å²) in [4.78, 5) is 13.8. The molecule has 36 heavy (non-hydrogen) atoms. The van der Waals surface area contributed by atoms with E-state index in [1.807, 2.05) is 72.8 Å². The number of carbonyl (C=O) groups excluding carboxylic acids is 1. The van der Waals surface area contributed by atoms with Crippen LogP contribution in [0.5, 0.6) is 5.75 Å². The summed E-state index contributed by atoms with van der Waals surface area (Å²) in [6, 6.07) is 29.4. The Kier molecular flexibility index (Phi) is 6.77. The minimum absolute atomic E-state index is 0.0534. The van der Waals surface area contributed by atoms with Crippen LogP contribution >= 0.6 is 0 Å². The Morgan fingerprint density at radius 3 is 2.36 bits per heavy atom. The van der Waals surface area contributed by atoms with Gasteiger partial charge in [-0.2, -0.15) is 10.4 Å². The minimum atomic E-state index is -0.386. The van der Waals surface area contributed by atoms with Crippen LogP contribution < -0.4 is 4.74 Å². The third-order valence-corrected chi connectivity index (χ3v) is 6.77. The largest absolute Gasteiger partial charge is 0.497 e. The van der Waals surface area contributed by atoms with E-state index in [9.17, 15) is 10.1 Å². The maximum Gasteiger partial charge on any atom is 0.285 e. The second-order valence-corrected chi connectivity index (χ2v) is 9.01. The number of benzene rings is 3. The summed E-state index contributed by atoms with van der Waals surface area (Å²) < 4.78 is 5.22. The summed E-state index contributed by atoms with van der Waals surface area (Å²) in [5.74, 6) is 0.415. The van der Waals surface area contributed by atoms with Gasteiger partial charge in [0.1, 0.15) is 17.4 Å². The van der Waals surface area contributed by atoms with Gasteiger partial charge in [0.05, 0.1) is 18.9 Å². The van der Waals surface area contributed by atoms with E-state index in [1.165, 1.54) is 5.01 Å². The zero-order valence-electron chi connectivity index (χ0n) is 20.2. The number of methoxy groups -OCH3 is 1. The van der Waals surface area contributed by atoms with E-state index in [4.69, 9.17) is 9.84 Å². The molecule has 0 bridgehead atoms. The van der Waals surface area contributed by atoms with Crippen LogP contribution in [0.2, 0.25) is 0 Å². The number of ether oxygens (including phenoxy) is 1. The molecule has 3 aromatic carbocycles. The van der Waals surface area contributed by atoms with Crippen LogP contribution in [0.15, 0.2) is 101 Å². The quantitative estimate of drug-likeness (QED) is 0.317. The Morgan fingerprint density at radius 1 is 1.00 bits per heavy atom. The number of allylic oxidation sites excluding steroid dienone is 1. The maximum absolute atomic E-state index is 13.8. The number of hydrogen-bond donors (Lipinski definition) is 0. The Hall–Kier alpha value is -4.43. The maximum atomic E-state index is 13.8. The molecule has 0 aromatic heterocycles. The van der Waals surface area contributed by atoms with Crippen LogP contribution in [-0.2, 0) is 4.79 Å². The van der Waals surface area contributed by atoms with Crippen molar-refractivity contribution in [1.29, 1.82) is 5.26 Å². The molecule has 2 aliphatic rings. The molecule has 2 atom stereocenters. The fourth-order valence-electron chi connectivity index (χ4n) is 5.03. The van der Waals surface area contributed by atoms with Crippen molar-refractivity contribution < 1.29 is 9.53 Å². The van der Waals surface area contributed by atoms with Gasteiger partial charge in [-0.3, -0.25) is 4.79 Å². The van der Waals surface area contributed by atoms with Gasteiger partial charge in [0.25, 0.3) is 5.91 Å². The van der Waals surface area contributed by atoms with Gasteiger partial charge in [-0.1, -0.05) is 72.8 Å². The van der Waals surface area contributed by atoms with E-state index < -0.39 is 0 Å². The van der Waals surface area contributed by atoms with Crippen molar-refractivity contribution in [2.45, 2.75) is 25.3 Å². The van der Waals surface area contributed by atoms with Crippen molar-refractivity contribution in [3.63, 3.8) is 0 Å². The molecule has 3 aromatic rings. The van der Waals surface area contributed by atoms with Crippen molar-refractivity contribution in [2.24, 2.45) is 11.0 Å². The predicted molar refractivity (Wildman–Crippen MR) is 142 cm³/mol. The Morgan fingerprint density at radius 2 is 1.69 bits per heavy atom. The Balaban J connectivity index is 1.55. The highest BCUT2D eigenvalue weighted by atomic mass is 16.5. The lowest BCUT2D eigenvalue weighted by Gasteiger charge is -2.29. The van der Waals surface area contributed by atoms with Gasteiger partial charge in [0.2, 0.25) is 0 Å². The first-order chi connectivity index (χ1) is 17.7.